The molecule has 8 N–H and O–H groups in total. The number of ketones is 4. The number of phenols is 8. The van der Waals surface area contributed by atoms with Crippen LogP contribution in [-0.4, -0.2) is 89.9 Å². The molecule has 5 heterocycles. The number of rotatable bonds is 14. The number of phenolic OH excluding ortho intramolecular Hbond substituents is 8. The number of aromatic nitrogens is 4. The molecule has 0 saturated carbocycles. The number of benzene rings is 7. The van der Waals surface area contributed by atoms with Gasteiger partial charge in [0.1, 0.15) is 32.1 Å². The summed E-state index contributed by atoms with van der Waals surface area (Å²) in [7, 11) is 0. The maximum atomic E-state index is 12.5. The molecule has 4 aromatic heterocycles. The summed E-state index contributed by atoms with van der Waals surface area (Å²) in [6, 6.07) is 43.1. The van der Waals surface area contributed by atoms with Crippen molar-refractivity contribution in [1.29, 1.82) is 0 Å². The normalized spacial score (nSPS) is 11.9. The fourth-order valence-corrected chi connectivity index (χ4v) is 11.5. The molecule has 12 rings (SSSR count). The first kappa shape index (κ1) is 61.9. The van der Waals surface area contributed by atoms with Crippen molar-refractivity contribution < 1.29 is 69.6 Å². The lowest BCUT2D eigenvalue weighted by Crippen LogP contribution is -2.25. The van der Waals surface area contributed by atoms with Gasteiger partial charge in [-0.2, -0.15) is 0 Å². The van der Waals surface area contributed by atoms with E-state index in [2.05, 4.69) is 19.9 Å². The molecule has 1 aliphatic rings. The number of ether oxygens (including phenoxy) is 1. The number of nitrogens with zero attached hydrogens (tertiary/aromatic N) is 4. The van der Waals surface area contributed by atoms with E-state index in [1.54, 1.807) is 66.1 Å². The molecule has 0 atom stereocenters. The van der Waals surface area contributed by atoms with Gasteiger partial charge in [0.2, 0.25) is 5.78 Å². The van der Waals surface area contributed by atoms with Crippen molar-refractivity contribution in [3.05, 3.63) is 228 Å². The predicted molar refractivity (Wildman–Crippen MR) is 335 cm³/mol. The van der Waals surface area contributed by atoms with E-state index < -0.39 is 5.97 Å². The van der Waals surface area contributed by atoms with Crippen molar-refractivity contribution >= 4 is 74.4 Å². The Morgan fingerprint density at radius 3 is 1.30 bits per heavy atom. The topological polar surface area (TPSA) is 308 Å². The number of carbonyl (C=O) groups excluding carboxylic acids is 5. The second-order valence-electron chi connectivity index (χ2n) is 19.2. The highest BCUT2D eigenvalue weighted by molar-refractivity contribution is 7.10. The number of para-hydroxylation sites is 1. The van der Waals surface area contributed by atoms with E-state index in [0.717, 1.165) is 26.3 Å². The van der Waals surface area contributed by atoms with Crippen LogP contribution in [0.15, 0.2) is 191 Å². The monoisotopic (exact) mass is 1250 g/mol. The Kier molecular flexibility index (Phi) is 20.0. The van der Waals surface area contributed by atoms with Gasteiger partial charge >= 0.3 is 5.97 Å². The Morgan fingerprint density at radius 2 is 0.818 bits per heavy atom. The number of thiazole rings is 4. The molecule has 11 aromatic rings. The largest absolute Gasteiger partial charge is 0.504 e. The highest BCUT2D eigenvalue weighted by Crippen LogP contribution is 2.35. The van der Waals surface area contributed by atoms with E-state index in [0.29, 0.717) is 68.5 Å². The molecule has 0 radical (unpaired) electrons. The predicted octanol–water partition coefficient (Wildman–Crippen LogP) is 13.1. The van der Waals surface area contributed by atoms with Crippen LogP contribution < -0.4 is 4.74 Å². The average molecular weight is 1250 g/mol. The Hall–Kier alpha value is -10.7. The van der Waals surface area contributed by atoms with E-state index in [4.69, 9.17) is 4.74 Å². The average Bonchev–Trinajstić information content (AvgIpc) is 3.68. The Balaban J connectivity index is 0.000000141. The van der Waals surface area contributed by atoms with E-state index in [-0.39, 0.29) is 93.1 Å². The highest BCUT2D eigenvalue weighted by Gasteiger charge is 2.30. The molecule has 0 saturated heterocycles. The van der Waals surface area contributed by atoms with Crippen LogP contribution in [0.1, 0.15) is 58.0 Å². The minimum absolute atomic E-state index is 0.0232. The van der Waals surface area contributed by atoms with Gasteiger partial charge < -0.3 is 45.6 Å². The van der Waals surface area contributed by atoms with Gasteiger partial charge in [0.25, 0.3) is 0 Å². The number of fused-ring (bicyclic) bond motifs is 1. The summed E-state index contributed by atoms with van der Waals surface area (Å²) in [6.07, 6.45) is 2.65. The number of hydrogen-bond donors (Lipinski definition) is 8. The van der Waals surface area contributed by atoms with E-state index >= 15 is 0 Å². The summed E-state index contributed by atoms with van der Waals surface area (Å²) in [6.45, 7) is 1.52. The Bertz CT molecular complexity index is 4380. The van der Waals surface area contributed by atoms with Crippen LogP contribution in [0.2, 0.25) is 0 Å². The lowest BCUT2D eigenvalue weighted by molar-refractivity contribution is -0.130. The lowest BCUT2D eigenvalue weighted by Gasteiger charge is -2.16. The summed E-state index contributed by atoms with van der Waals surface area (Å²) in [5.41, 5.74) is 7.36. The second kappa shape index (κ2) is 28.5. The number of aromatic hydroxyl groups is 8. The maximum Gasteiger partial charge on any atom is 0.347 e. The smallest absolute Gasteiger partial charge is 0.347 e. The zero-order chi connectivity index (χ0) is 62.4. The first-order valence-corrected chi connectivity index (χ1v) is 30.0. The van der Waals surface area contributed by atoms with Crippen molar-refractivity contribution in [3.63, 3.8) is 0 Å². The van der Waals surface area contributed by atoms with Gasteiger partial charge in [-0.15, -0.1) is 45.3 Å². The number of esters is 1. The zero-order valence-corrected chi connectivity index (χ0v) is 49.4. The van der Waals surface area contributed by atoms with E-state index in [1.807, 2.05) is 64.7 Å². The van der Waals surface area contributed by atoms with Crippen molar-refractivity contribution in [1.82, 2.24) is 19.9 Å². The van der Waals surface area contributed by atoms with Crippen LogP contribution in [0.5, 0.6) is 51.7 Å². The van der Waals surface area contributed by atoms with E-state index in [1.165, 1.54) is 107 Å². The van der Waals surface area contributed by atoms with Gasteiger partial charge in [-0.1, -0.05) is 78.9 Å². The quantitative estimate of drug-likeness (QED) is 0.0125. The number of hydrogen-bond acceptors (Lipinski definition) is 22. The first-order valence-electron chi connectivity index (χ1n) is 26.4. The van der Waals surface area contributed by atoms with Crippen molar-refractivity contribution in [2.75, 3.05) is 0 Å². The van der Waals surface area contributed by atoms with Crippen LogP contribution >= 0.6 is 45.3 Å². The second-order valence-corrected chi connectivity index (χ2v) is 22.9. The van der Waals surface area contributed by atoms with Crippen molar-refractivity contribution in [3.8, 4) is 96.8 Å². The number of Topliss-reactive ketones (excluding diaryl/α,β-unsaturated/α-hetero) is 4. The third-order valence-electron chi connectivity index (χ3n) is 12.8. The molecule has 0 amide bonds. The Morgan fingerprint density at radius 1 is 0.420 bits per heavy atom. The fraction of sp³-hybridized carbons (Fsp3) is 0.0758. The van der Waals surface area contributed by atoms with Crippen molar-refractivity contribution in [2.24, 2.45) is 0 Å². The van der Waals surface area contributed by atoms with Gasteiger partial charge in [-0.3, -0.25) is 19.2 Å². The van der Waals surface area contributed by atoms with Crippen LogP contribution in [0, 0.1) is 0 Å². The molecule has 0 unspecified atom stereocenters. The molecular weight excluding hydrogens is 1200 g/mol. The maximum absolute atomic E-state index is 12.5. The molecule has 7 aromatic carbocycles. The minimum Gasteiger partial charge on any atom is -0.504 e. The Labute approximate surface area is 517 Å². The third kappa shape index (κ3) is 16.0. The van der Waals surface area contributed by atoms with Gasteiger partial charge in [0.05, 0.1) is 52.6 Å². The van der Waals surface area contributed by atoms with Crippen LogP contribution in [0.25, 0.3) is 45.0 Å². The zero-order valence-electron chi connectivity index (χ0n) is 46.2. The number of carbonyl (C=O) groups is 5. The lowest BCUT2D eigenvalue weighted by atomic mass is 9.99. The molecule has 0 fully saturated rings. The fourth-order valence-electron chi connectivity index (χ4n) is 8.28. The molecule has 0 spiro atoms. The number of allylic oxidation sites excluding steroid dienone is 1. The third-order valence-corrected chi connectivity index (χ3v) is 16.2. The minimum atomic E-state index is -0.608. The van der Waals surface area contributed by atoms with Gasteiger partial charge in [-0.25, -0.2) is 24.7 Å². The molecule has 1 aliphatic heterocycles. The van der Waals surface area contributed by atoms with Gasteiger partial charge in [-0.05, 0) is 91.9 Å². The SMILES string of the molecule is CC(=O)Cc1nc(-c2ccc(O)c(O)c2)cs1.O=C(Cc1nc(-c2ccc(O)c(O)c2)cs1)c1ccc(O)c(O)c1.O=C(Cc1nc(-c2ccc(O)c(O)c2)cs1)c1ccccc1.O=C1Oc2ccccc2C(=O)/C1=C/Cc1nc(-c2ccccc2)cs1. The highest BCUT2D eigenvalue weighted by atomic mass is 32.1. The molecular formula is C66H50N4O14S4. The summed E-state index contributed by atoms with van der Waals surface area (Å²) >= 11 is 5.61. The first-order chi connectivity index (χ1) is 42.3. The summed E-state index contributed by atoms with van der Waals surface area (Å²) in [5, 5.41) is 85.3. The van der Waals surface area contributed by atoms with Crippen LogP contribution in [0.4, 0.5) is 0 Å². The summed E-state index contributed by atoms with van der Waals surface area (Å²) < 4.78 is 5.23. The molecule has 442 valence electrons. The summed E-state index contributed by atoms with van der Waals surface area (Å²) in [4.78, 5) is 77.5. The van der Waals surface area contributed by atoms with E-state index in [9.17, 15) is 64.8 Å². The van der Waals surface area contributed by atoms with Gasteiger partial charge in [0, 0.05) is 61.3 Å². The molecule has 18 nitrogen and oxygen atoms in total. The molecule has 0 aliphatic carbocycles. The molecule has 88 heavy (non-hydrogen) atoms. The van der Waals surface area contributed by atoms with Gasteiger partial charge in [0.15, 0.2) is 57.6 Å². The molecule has 0 bridgehead atoms. The van der Waals surface area contributed by atoms with Crippen molar-refractivity contribution in [2.45, 2.75) is 32.6 Å². The van der Waals surface area contributed by atoms with Crippen LogP contribution in [-0.2, 0) is 35.3 Å². The molecule has 22 heteroatoms. The summed E-state index contributed by atoms with van der Waals surface area (Å²) in [5.74, 6) is -2.51. The standard InChI is InChI=1S/C20H13NO3S.C17H13NO5S.C17H13NO3S.C12H11NO3S/c22-19-14-8-4-5-9-17(14)24-20(23)15(19)10-11-18-21-16(12-25-18)13-6-2-1-3-7-13;19-12-3-1-9(5-15(12)22)11-8-24-17(18-11)7-14(21)10-2-4-13(20)16(23)6-10;19-14-7-6-12(8-16(14)21)13-10-22-17(18-13)9-15(20)11-4-2-1-3-5-11;1-7(14)4-12-13-9(6-17-12)8-2-3-10(15)11(16)5-8/h1-10,12H,11H2;1-6,8,19-20,22-23H,7H2;1-8,10,19,21H,9H2;2-3,5-6,15-16H,4H2,1H3/b15-10-;;;. The van der Waals surface area contributed by atoms with Crippen LogP contribution in [0.3, 0.4) is 0 Å².